The van der Waals surface area contributed by atoms with Crippen molar-refractivity contribution in [3.8, 4) is 0 Å². The molecule has 3 nitrogen and oxygen atoms in total. The Labute approximate surface area is 117 Å². The van der Waals surface area contributed by atoms with Gasteiger partial charge in [-0.2, -0.15) is 0 Å². The summed E-state index contributed by atoms with van der Waals surface area (Å²) in [6.07, 6.45) is 1.38. The monoisotopic (exact) mass is 286 g/mol. The first kappa shape index (κ1) is 13.8. The van der Waals surface area contributed by atoms with E-state index in [4.69, 9.17) is 11.6 Å². The Balaban J connectivity index is 1.72. The van der Waals surface area contributed by atoms with Crippen LogP contribution in [0.5, 0.6) is 0 Å². The Hall–Kier alpha value is -0.580. The van der Waals surface area contributed by atoms with Gasteiger partial charge < -0.3 is 4.90 Å². The van der Waals surface area contributed by atoms with Crippen molar-refractivity contribution < 1.29 is 4.79 Å². The summed E-state index contributed by atoms with van der Waals surface area (Å²) in [5, 5.41) is 2.11. The topological polar surface area (TPSA) is 23.6 Å². The summed E-state index contributed by atoms with van der Waals surface area (Å²) in [6.45, 7) is 4.68. The lowest BCUT2D eigenvalue weighted by Gasteiger charge is -2.34. The third kappa shape index (κ3) is 3.97. The Morgan fingerprint density at radius 3 is 2.72 bits per heavy atom. The molecule has 0 saturated carbocycles. The summed E-state index contributed by atoms with van der Waals surface area (Å²) in [4.78, 5) is 17.6. The third-order valence-electron chi connectivity index (χ3n) is 3.21. The van der Waals surface area contributed by atoms with E-state index >= 15 is 0 Å². The number of hydrogen-bond acceptors (Lipinski definition) is 3. The minimum atomic E-state index is 0.256. The van der Waals surface area contributed by atoms with Crippen LogP contribution in [-0.2, 0) is 11.3 Å². The molecule has 1 fully saturated rings. The maximum Gasteiger partial charge on any atom is 0.222 e. The summed E-state index contributed by atoms with van der Waals surface area (Å²) >= 11 is 7.41. The molecule has 0 atom stereocenters. The second-order valence-electron chi connectivity index (χ2n) is 4.53. The molecule has 0 aliphatic carbocycles. The van der Waals surface area contributed by atoms with Gasteiger partial charge in [0.1, 0.15) is 0 Å². The summed E-state index contributed by atoms with van der Waals surface area (Å²) < 4.78 is 0. The molecule has 1 saturated heterocycles. The van der Waals surface area contributed by atoms with Gasteiger partial charge in [-0.3, -0.25) is 9.69 Å². The normalized spacial score (nSPS) is 17.1. The van der Waals surface area contributed by atoms with Crippen LogP contribution in [0.1, 0.15) is 17.7 Å². The number of halogens is 1. The smallest absolute Gasteiger partial charge is 0.222 e. The highest BCUT2D eigenvalue weighted by atomic mass is 35.5. The van der Waals surface area contributed by atoms with Gasteiger partial charge in [0.05, 0.1) is 0 Å². The first-order valence-corrected chi connectivity index (χ1v) is 7.79. The molecule has 0 spiro atoms. The molecule has 18 heavy (non-hydrogen) atoms. The Morgan fingerprint density at radius 2 is 2.11 bits per heavy atom. The number of carbonyl (C=O) groups is 1. The summed E-state index contributed by atoms with van der Waals surface area (Å²) in [5.74, 6) is 0.829. The number of piperazine rings is 1. The average molecular weight is 287 g/mol. The zero-order valence-electron chi connectivity index (χ0n) is 10.5. The highest BCUT2D eigenvalue weighted by molar-refractivity contribution is 7.09. The molecule has 100 valence electrons. The van der Waals surface area contributed by atoms with Gasteiger partial charge in [0, 0.05) is 49.9 Å². The van der Waals surface area contributed by atoms with Crippen LogP contribution >= 0.6 is 22.9 Å². The lowest BCUT2D eigenvalue weighted by Crippen LogP contribution is -2.48. The number of thiophene rings is 1. The van der Waals surface area contributed by atoms with Crippen LogP contribution in [0.4, 0.5) is 0 Å². The molecule has 1 amide bonds. The van der Waals surface area contributed by atoms with E-state index in [2.05, 4.69) is 22.4 Å². The molecule has 1 aromatic rings. The van der Waals surface area contributed by atoms with E-state index in [0.717, 1.165) is 39.1 Å². The van der Waals surface area contributed by atoms with Crippen molar-refractivity contribution in [2.45, 2.75) is 19.4 Å². The van der Waals surface area contributed by atoms with E-state index in [0.29, 0.717) is 12.3 Å². The van der Waals surface area contributed by atoms with Gasteiger partial charge in [-0.25, -0.2) is 0 Å². The highest BCUT2D eigenvalue weighted by Crippen LogP contribution is 2.14. The van der Waals surface area contributed by atoms with E-state index in [1.54, 1.807) is 11.3 Å². The third-order valence-corrected chi connectivity index (χ3v) is 4.34. The molecule has 0 radical (unpaired) electrons. The van der Waals surface area contributed by atoms with Gasteiger partial charge in [0.25, 0.3) is 0 Å². The van der Waals surface area contributed by atoms with Crippen molar-refractivity contribution in [2.75, 3.05) is 32.1 Å². The summed E-state index contributed by atoms with van der Waals surface area (Å²) in [6, 6.07) is 4.26. The fraction of sp³-hybridized carbons (Fsp3) is 0.615. The number of nitrogens with zero attached hydrogens (tertiary/aromatic N) is 2. The van der Waals surface area contributed by atoms with Crippen molar-refractivity contribution >= 4 is 28.8 Å². The number of carbonyl (C=O) groups excluding carboxylic acids is 1. The molecular formula is C13H19ClN2OS. The second-order valence-corrected chi connectivity index (χ2v) is 5.94. The van der Waals surface area contributed by atoms with E-state index in [1.165, 1.54) is 4.88 Å². The largest absolute Gasteiger partial charge is 0.340 e. The standard InChI is InChI=1S/C13H19ClN2OS/c14-5-1-4-13(17)16-8-6-15(7-9-16)11-12-3-2-10-18-12/h2-3,10H,1,4-9,11H2. The van der Waals surface area contributed by atoms with Gasteiger partial charge in [-0.1, -0.05) is 6.07 Å². The van der Waals surface area contributed by atoms with Gasteiger partial charge in [0.2, 0.25) is 5.91 Å². The fourth-order valence-electron chi connectivity index (χ4n) is 2.15. The molecule has 1 aromatic heterocycles. The van der Waals surface area contributed by atoms with Crippen molar-refractivity contribution in [3.63, 3.8) is 0 Å². The molecule has 0 bridgehead atoms. The molecule has 2 rings (SSSR count). The molecule has 1 aliphatic heterocycles. The molecular weight excluding hydrogens is 268 g/mol. The maximum absolute atomic E-state index is 11.8. The maximum atomic E-state index is 11.8. The van der Waals surface area contributed by atoms with Crippen LogP contribution in [0.25, 0.3) is 0 Å². The van der Waals surface area contributed by atoms with Crippen molar-refractivity contribution in [1.29, 1.82) is 0 Å². The number of hydrogen-bond donors (Lipinski definition) is 0. The first-order chi connectivity index (χ1) is 8.79. The van der Waals surface area contributed by atoms with Gasteiger partial charge in [-0.15, -0.1) is 22.9 Å². The number of alkyl halides is 1. The Kier molecular flexibility index (Phi) is 5.47. The Bertz CT molecular complexity index is 361. The van der Waals surface area contributed by atoms with E-state index in [9.17, 15) is 4.79 Å². The zero-order valence-corrected chi connectivity index (χ0v) is 12.1. The molecule has 2 heterocycles. The average Bonchev–Trinajstić information content (AvgIpc) is 2.89. The molecule has 0 unspecified atom stereocenters. The zero-order chi connectivity index (χ0) is 12.8. The van der Waals surface area contributed by atoms with E-state index in [1.807, 2.05) is 4.90 Å². The first-order valence-electron chi connectivity index (χ1n) is 6.38. The van der Waals surface area contributed by atoms with Crippen molar-refractivity contribution in [2.24, 2.45) is 0 Å². The molecule has 1 aliphatic rings. The van der Waals surface area contributed by atoms with Crippen LogP contribution in [0.2, 0.25) is 0 Å². The lowest BCUT2D eigenvalue weighted by atomic mass is 10.2. The lowest BCUT2D eigenvalue weighted by molar-refractivity contribution is -0.133. The fourth-order valence-corrected chi connectivity index (χ4v) is 3.03. The quantitative estimate of drug-likeness (QED) is 0.776. The van der Waals surface area contributed by atoms with E-state index in [-0.39, 0.29) is 5.91 Å². The van der Waals surface area contributed by atoms with Crippen LogP contribution < -0.4 is 0 Å². The predicted octanol–water partition coefficient (Wildman–Crippen LogP) is 2.41. The number of amides is 1. The molecule has 0 N–H and O–H groups in total. The van der Waals surface area contributed by atoms with Gasteiger partial charge in [-0.05, 0) is 17.9 Å². The second kappa shape index (κ2) is 7.12. The van der Waals surface area contributed by atoms with Crippen LogP contribution in [-0.4, -0.2) is 47.8 Å². The van der Waals surface area contributed by atoms with Crippen LogP contribution in [0.3, 0.4) is 0 Å². The molecule has 5 heteroatoms. The van der Waals surface area contributed by atoms with Crippen molar-refractivity contribution in [3.05, 3.63) is 22.4 Å². The summed E-state index contributed by atoms with van der Waals surface area (Å²) in [5.41, 5.74) is 0. The van der Waals surface area contributed by atoms with Gasteiger partial charge >= 0.3 is 0 Å². The minimum Gasteiger partial charge on any atom is -0.340 e. The van der Waals surface area contributed by atoms with Crippen LogP contribution in [0.15, 0.2) is 17.5 Å². The van der Waals surface area contributed by atoms with Gasteiger partial charge in [0.15, 0.2) is 0 Å². The SMILES string of the molecule is O=C(CCCCl)N1CCN(Cc2cccs2)CC1. The highest BCUT2D eigenvalue weighted by Gasteiger charge is 2.20. The minimum absolute atomic E-state index is 0.256. The summed E-state index contributed by atoms with van der Waals surface area (Å²) in [7, 11) is 0. The van der Waals surface area contributed by atoms with E-state index < -0.39 is 0 Å². The van der Waals surface area contributed by atoms with Crippen LogP contribution in [0, 0.1) is 0 Å². The Morgan fingerprint density at radius 1 is 1.33 bits per heavy atom. The van der Waals surface area contributed by atoms with Crippen molar-refractivity contribution in [1.82, 2.24) is 9.80 Å². The number of rotatable bonds is 5. The molecule has 0 aromatic carbocycles. The predicted molar refractivity (Wildman–Crippen MR) is 76.1 cm³/mol.